The van der Waals surface area contributed by atoms with Gasteiger partial charge >= 0.3 is 6.18 Å². The molecule has 0 radical (unpaired) electrons. The number of piperidine rings is 1. The molecule has 4 rings (SSSR count). The summed E-state index contributed by atoms with van der Waals surface area (Å²) >= 11 is 12.2. The standard InChI is InChI=1S/C16H21ClN2O2.C13H12ClF3N2O.C3H8.C2H6/c1-4-14(18-3)12-7-10(2)15(8-13(12)17)21-11-5-6-16(20)19-9-11;1-3-7(2)11(20)10-6-19-5-8(13(15,16)17)4-9(14)12(19)18-10;1-3-2;1-2/h7-8,11H,4-6,9H2,1-3H3,(H,19,20);4-7H,3H2,1-2H3;3H2,1-2H3;1-2H3. The Morgan fingerprint density at radius 1 is 1.13 bits per heavy atom. The van der Waals surface area contributed by atoms with Crippen molar-refractivity contribution >= 4 is 46.3 Å². The van der Waals surface area contributed by atoms with Gasteiger partial charge in [0.15, 0.2) is 11.4 Å². The van der Waals surface area contributed by atoms with E-state index in [4.69, 9.17) is 27.9 Å². The molecule has 256 valence electrons. The third-order valence-electron chi connectivity index (χ3n) is 6.84. The molecule has 2 aromatic heterocycles. The molecule has 1 saturated heterocycles. The van der Waals surface area contributed by atoms with Gasteiger partial charge in [0, 0.05) is 43.1 Å². The molecule has 0 saturated carbocycles. The van der Waals surface area contributed by atoms with Gasteiger partial charge in [-0.15, -0.1) is 0 Å². The highest BCUT2D eigenvalue weighted by Gasteiger charge is 2.32. The summed E-state index contributed by atoms with van der Waals surface area (Å²) in [6, 6.07) is 4.68. The summed E-state index contributed by atoms with van der Waals surface area (Å²) < 4.78 is 45.2. The summed E-state index contributed by atoms with van der Waals surface area (Å²) in [4.78, 5) is 31.5. The molecule has 0 spiro atoms. The number of aromatic nitrogens is 2. The number of amides is 1. The predicted molar refractivity (Wildman–Crippen MR) is 182 cm³/mol. The van der Waals surface area contributed by atoms with Crippen molar-refractivity contribution in [3.63, 3.8) is 0 Å². The van der Waals surface area contributed by atoms with E-state index in [-0.39, 0.29) is 40.1 Å². The average molecular weight is 688 g/mol. The second-order valence-corrected chi connectivity index (χ2v) is 11.3. The number of rotatable bonds is 7. The molecular formula is C34H47Cl2F3N4O3. The van der Waals surface area contributed by atoms with Gasteiger partial charge in [0.25, 0.3) is 0 Å². The van der Waals surface area contributed by atoms with Crippen LogP contribution in [-0.4, -0.2) is 46.5 Å². The summed E-state index contributed by atoms with van der Waals surface area (Å²) in [5.41, 5.74) is 2.37. The van der Waals surface area contributed by atoms with Crippen molar-refractivity contribution in [3.05, 3.63) is 63.0 Å². The number of pyridine rings is 1. The minimum absolute atomic E-state index is 0.00815. The zero-order valence-electron chi connectivity index (χ0n) is 28.2. The first kappa shape index (κ1) is 40.9. The van der Waals surface area contributed by atoms with Gasteiger partial charge in [0.1, 0.15) is 17.5 Å². The SMILES string of the molecule is CC.CCC.CCC(=NC)c1cc(C)c(OC2CCC(=O)NC2)cc1Cl.CCC(C)C(=O)c1cn2cc(C(F)(F)F)cc(Cl)c2n1. The number of hydrogen-bond acceptors (Lipinski definition) is 5. The quantitative estimate of drug-likeness (QED) is 0.198. The molecule has 0 aliphatic carbocycles. The number of nitrogens with zero attached hydrogens (tertiary/aromatic N) is 3. The van der Waals surface area contributed by atoms with E-state index in [2.05, 4.69) is 36.1 Å². The van der Waals surface area contributed by atoms with Crippen molar-refractivity contribution in [2.45, 2.75) is 99.8 Å². The number of alkyl halides is 3. The Kier molecular flexibility index (Phi) is 17.4. The van der Waals surface area contributed by atoms with Crippen LogP contribution >= 0.6 is 23.2 Å². The number of fused-ring (bicyclic) bond motifs is 1. The van der Waals surface area contributed by atoms with Crippen molar-refractivity contribution in [1.29, 1.82) is 0 Å². The highest BCUT2D eigenvalue weighted by molar-refractivity contribution is 6.34. The Morgan fingerprint density at radius 3 is 2.26 bits per heavy atom. The van der Waals surface area contributed by atoms with Crippen molar-refractivity contribution in [3.8, 4) is 5.75 Å². The topological polar surface area (TPSA) is 85.1 Å². The summed E-state index contributed by atoms with van der Waals surface area (Å²) in [7, 11) is 1.78. The van der Waals surface area contributed by atoms with Crippen molar-refractivity contribution in [1.82, 2.24) is 14.7 Å². The molecule has 3 aromatic rings. The van der Waals surface area contributed by atoms with Crippen LogP contribution in [0.25, 0.3) is 5.65 Å². The molecule has 1 aliphatic rings. The fourth-order valence-corrected chi connectivity index (χ4v) is 4.76. The number of aryl methyl sites for hydroxylation is 1. The average Bonchev–Trinajstić information content (AvgIpc) is 3.47. The van der Waals surface area contributed by atoms with E-state index in [1.165, 1.54) is 12.6 Å². The van der Waals surface area contributed by atoms with Crippen LogP contribution in [0.3, 0.4) is 0 Å². The van der Waals surface area contributed by atoms with Crippen LogP contribution in [0, 0.1) is 12.8 Å². The lowest BCUT2D eigenvalue weighted by Crippen LogP contribution is -2.40. The molecule has 2 unspecified atom stereocenters. The molecule has 46 heavy (non-hydrogen) atoms. The van der Waals surface area contributed by atoms with Gasteiger partial charge in [-0.1, -0.05) is 78.1 Å². The number of benzene rings is 1. The fourth-order valence-electron chi connectivity index (χ4n) is 4.24. The van der Waals surface area contributed by atoms with Crippen molar-refractivity contribution < 1.29 is 27.5 Å². The minimum Gasteiger partial charge on any atom is -0.488 e. The van der Waals surface area contributed by atoms with Crippen LogP contribution < -0.4 is 10.1 Å². The number of aliphatic imine (C=N–C) groups is 1. The summed E-state index contributed by atoms with van der Waals surface area (Å²) in [5.74, 6) is 0.421. The molecule has 0 bridgehead atoms. The van der Waals surface area contributed by atoms with Gasteiger partial charge in [-0.25, -0.2) is 4.98 Å². The van der Waals surface area contributed by atoms with Crippen LogP contribution in [0.15, 0.2) is 35.6 Å². The maximum absolute atomic E-state index is 12.7. The summed E-state index contributed by atoms with van der Waals surface area (Å²) in [6.07, 6.45) is 1.64. The van der Waals surface area contributed by atoms with Gasteiger partial charge in [0.05, 0.1) is 22.2 Å². The van der Waals surface area contributed by atoms with Gasteiger partial charge in [-0.2, -0.15) is 13.2 Å². The number of ether oxygens (including phenoxy) is 1. The molecule has 1 amide bonds. The first-order valence-electron chi connectivity index (χ1n) is 15.7. The number of carbonyl (C=O) groups excluding carboxylic acids is 2. The zero-order chi connectivity index (χ0) is 35.2. The first-order valence-corrected chi connectivity index (χ1v) is 16.4. The summed E-state index contributed by atoms with van der Waals surface area (Å²) in [6.45, 7) is 16.5. The Labute approximate surface area is 280 Å². The van der Waals surface area contributed by atoms with E-state index in [1.54, 1.807) is 14.0 Å². The number of imidazole rings is 1. The number of halogens is 5. The van der Waals surface area contributed by atoms with Crippen LogP contribution in [0.1, 0.15) is 108 Å². The molecule has 1 aliphatic heterocycles. The van der Waals surface area contributed by atoms with Crippen molar-refractivity contribution in [2.75, 3.05) is 13.6 Å². The summed E-state index contributed by atoms with van der Waals surface area (Å²) in [5, 5.41) is 3.33. The molecule has 12 heteroatoms. The lowest BCUT2D eigenvalue weighted by atomic mass is 10.0. The van der Waals surface area contributed by atoms with E-state index in [9.17, 15) is 22.8 Å². The molecule has 3 heterocycles. The predicted octanol–water partition coefficient (Wildman–Crippen LogP) is 9.81. The van der Waals surface area contributed by atoms with E-state index < -0.39 is 11.7 Å². The second-order valence-electron chi connectivity index (χ2n) is 10.5. The first-order chi connectivity index (χ1) is 21.7. The second kappa shape index (κ2) is 19.5. The van der Waals surface area contributed by atoms with Crippen molar-refractivity contribution in [2.24, 2.45) is 10.9 Å². The van der Waals surface area contributed by atoms with Gasteiger partial charge in [-0.3, -0.25) is 14.6 Å². The van der Waals surface area contributed by atoms with Gasteiger partial charge < -0.3 is 14.5 Å². The van der Waals surface area contributed by atoms with Crippen LogP contribution in [0.2, 0.25) is 10.0 Å². The molecule has 2 atom stereocenters. The highest BCUT2D eigenvalue weighted by Crippen LogP contribution is 2.33. The largest absolute Gasteiger partial charge is 0.488 e. The van der Waals surface area contributed by atoms with E-state index in [0.29, 0.717) is 24.4 Å². The minimum atomic E-state index is -4.50. The third kappa shape index (κ3) is 11.6. The Balaban J connectivity index is 0.000000404. The molecule has 1 fully saturated rings. The Bertz CT molecular complexity index is 1460. The highest BCUT2D eigenvalue weighted by atomic mass is 35.5. The normalized spacial score (nSPS) is 15.3. The zero-order valence-corrected chi connectivity index (χ0v) is 29.8. The Hall–Kier alpha value is -3.11. The fraction of sp³-hybridized carbons (Fsp3) is 0.529. The Morgan fingerprint density at radius 2 is 1.76 bits per heavy atom. The maximum atomic E-state index is 12.7. The number of hydrogen-bond donors (Lipinski definition) is 1. The molecule has 1 N–H and O–H groups in total. The molecule has 1 aromatic carbocycles. The number of ketones is 1. The van der Waals surface area contributed by atoms with E-state index in [1.807, 2.05) is 39.8 Å². The van der Waals surface area contributed by atoms with Gasteiger partial charge in [0.2, 0.25) is 5.91 Å². The van der Waals surface area contributed by atoms with Crippen LogP contribution in [0.4, 0.5) is 13.2 Å². The van der Waals surface area contributed by atoms with Crippen LogP contribution in [-0.2, 0) is 11.0 Å². The van der Waals surface area contributed by atoms with Gasteiger partial charge in [-0.05, 0) is 49.9 Å². The lowest BCUT2D eigenvalue weighted by Gasteiger charge is -2.25. The maximum Gasteiger partial charge on any atom is 0.417 e. The smallest absolute Gasteiger partial charge is 0.417 e. The molecule has 7 nitrogen and oxygen atoms in total. The van der Waals surface area contributed by atoms with Crippen LogP contribution in [0.5, 0.6) is 5.75 Å². The monoisotopic (exact) mass is 686 g/mol. The number of carbonyl (C=O) groups is 2. The third-order valence-corrected chi connectivity index (χ3v) is 7.43. The van der Waals surface area contributed by atoms with E-state index in [0.717, 1.165) is 52.1 Å². The number of Topliss-reactive ketones (excluding diaryl/α,β-unsaturated/α-hetero) is 1. The molecular weight excluding hydrogens is 640 g/mol. The van der Waals surface area contributed by atoms with E-state index >= 15 is 0 Å². The lowest BCUT2D eigenvalue weighted by molar-refractivity contribution is -0.137. The number of nitrogens with one attached hydrogen (secondary N) is 1.